The number of fused-ring (bicyclic) bond motifs is 3. The van der Waals surface area contributed by atoms with Gasteiger partial charge in [-0.2, -0.15) is 0 Å². The molecule has 1 amide bonds. The molecule has 0 aromatic carbocycles. The molecule has 0 bridgehead atoms. The second-order valence-corrected chi connectivity index (χ2v) is 11.4. The Kier molecular flexibility index (Phi) is 6.02. The Balaban J connectivity index is 1.57. The van der Waals surface area contributed by atoms with Gasteiger partial charge in [0.15, 0.2) is 0 Å². The van der Waals surface area contributed by atoms with Gasteiger partial charge in [0.2, 0.25) is 5.91 Å². The maximum absolute atomic E-state index is 13.7. The van der Waals surface area contributed by atoms with Crippen LogP contribution in [0.5, 0.6) is 0 Å². The van der Waals surface area contributed by atoms with E-state index in [0.29, 0.717) is 29.7 Å². The van der Waals surface area contributed by atoms with Crippen LogP contribution in [0.1, 0.15) is 105 Å². The van der Waals surface area contributed by atoms with E-state index in [2.05, 4.69) is 45.2 Å². The van der Waals surface area contributed by atoms with Crippen molar-refractivity contribution in [3.63, 3.8) is 0 Å². The van der Waals surface area contributed by atoms with Crippen LogP contribution in [-0.4, -0.2) is 11.9 Å². The second kappa shape index (κ2) is 8.23. The lowest BCUT2D eigenvalue weighted by Crippen LogP contribution is -2.56. The van der Waals surface area contributed by atoms with E-state index < -0.39 is 0 Å². The summed E-state index contributed by atoms with van der Waals surface area (Å²) in [5.41, 5.74) is 3.28. The number of nitrogens with one attached hydrogen (secondary N) is 1. The minimum absolute atomic E-state index is 0.205. The summed E-state index contributed by atoms with van der Waals surface area (Å²) in [4.78, 5) is 13.7. The first-order valence-electron chi connectivity index (χ1n) is 12.6. The van der Waals surface area contributed by atoms with Crippen molar-refractivity contribution in [1.29, 1.82) is 0 Å². The molecule has 0 aromatic heterocycles. The first-order chi connectivity index (χ1) is 13.8. The van der Waals surface area contributed by atoms with Gasteiger partial charge < -0.3 is 5.32 Å². The van der Waals surface area contributed by atoms with Crippen LogP contribution >= 0.6 is 0 Å². The average molecular weight is 398 g/mol. The van der Waals surface area contributed by atoms with Gasteiger partial charge in [-0.05, 0) is 73.7 Å². The molecule has 2 heteroatoms. The zero-order valence-electron chi connectivity index (χ0n) is 19.4. The Morgan fingerprint density at radius 1 is 1.03 bits per heavy atom. The summed E-state index contributed by atoms with van der Waals surface area (Å²) < 4.78 is 0. The van der Waals surface area contributed by atoms with E-state index in [0.717, 1.165) is 12.8 Å². The summed E-state index contributed by atoms with van der Waals surface area (Å²) in [6.07, 6.45) is 19.8. The molecule has 4 aliphatic carbocycles. The van der Waals surface area contributed by atoms with Gasteiger partial charge in [-0.1, -0.05) is 77.5 Å². The molecule has 0 spiro atoms. The van der Waals surface area contributed by atoms with Crippen molar-refractivity contribution in [1.82, 2.24) is 5.32 Å². The normalized spacial score (nSPS) is 38.4. The minimum atomic E-state index is -0.205. The summed E-state index contributed by atoms with van der Waals surface area (Å²) in [6, 6.07) is 0.413. The number of hydrogen-bond acceptors (Lipinski definition) is 1. The van der Waals surface area contributed by atoms with Gasteiger partial charge in [-0.3, -0.25) is 4.79 Å². The summed E-state index contributed by atoms with van der Waals surface area (Å²) in [5, 5.41) is 3.54. The van der Waals surface area contributed by atoms with Crippen LogP contribution < -0.4 is 5.32 Å². The summed E-state index contributed by atoms with van der Waals surface area (Å²) >= 11 is 0. The van der Waals surface area contributed by atoms with Crippen molar-refractivity contribution < 1.29 is 4.79 Å². The number of carbonyl (C=O) groups is 1. The highest BCUT2D eigenvalue weighted by molar-refractivity contribution is 5.83. The predicted molar refractivity (Wildman–Crippen MR) is 122 cm³/mol. The van der Waals surface area contributed by atoms with Crippen molar-refractivity contribution in [2.75, 3.05) is 0 Å². The largest absolute Gasteiger partial charge is 0.353 e. The maximum Gasteiger partial charge on any atom is 0.226 e. The van der Waals surface area contributed by atoms with Gasteiger partial charge in [0.25, 0.3) is 0 Å². The molecule has 2 nitrogen and oxygen atoms in total. The Morgan fingerprint density at radius 2 is 1.76 bits per heavy atom. The summed E-state index contributed by atoms with van der Waals surface area (Å²) in [7, 11) is 0. The van der Waals surface area contributed by atoms with Gasteiger partial charge in [0.1, 0.15) is 0 Å². The molecule has 162 valence electrons. The van der Waals surface area contributed by atoms with Crippen molar-refractivity contribution in [2.45, 2.75) is 111 Å². The van der Waals surface area contributed by atoms with Gasteiger partial charge in [0.05, 0.1) is 5.41 Å². The van der Waals surface area contributed by atoms with Crippen molar-refractivity contribution in [3.05, 3.63) is 23.3 Å². The Labute approximate surface area is 179 Å². The zero-order chi connectivity index (χ0) is 20.6. The molecule has 1 unspecified atom stereocenters. The molecular weight excluding hydrogens is 354 g/mol. The number of rotatable bonds is 3. The van der Waals surface area contributed by atoms with Crippen LogP contribution in [0.25, 0.3) is 0 Å². The van der Waals surface area contributed by atoms with Crippen LogP contribution in [0.4, 0.5) is 0 Å². The first kappa shape index (κ1) is 21.2. The molecule has 29 heavy (non-hydrogen) atoms. The third kappa shape index (κ3) is 3.86. The first-order valence-corrected chi connectivity index (χ1v) is 12.6. The molecule has 2 saturated carbocycles. The smallest absolute Gasteiger partial charge is 0.226 e. The molecule has 0 aromatic rings. The topological polar surface area (TPSA) is 29.1 Å². The second-order valence-electron chi connectivity index (χ2n) is 11.4. The molecule has 0 heterocycles. The maximum atomic E-state index is 13.7. The van der Waals surface area contributed by atoms with E-state index in [4.69, 9.17) is 0 Å². The fourth-order valence-corrected chi connectivity index (χ4v) is 7.39. The molecular formula is C27H43NO. The number of amides is 1. The van der Waals surface area contributed by atoms with Crippen LogP contribution in [0.2, 0.25) is 0 Å². The monoisotopic (exact) mass is 397 g/mol. The number of carbonyl (C=O) groups excluding carboxylic acids is 1. The van der Waals surface area contributed by atoms with E-state index in [1.54, 1.807) is 11.1 Å². The Bertz CT molecular complexity index is 681. The minimum Gasteiger partial charge on any atom is -0.353 e. The average Bonchev–Trinajstić information content (AvgIpc) is 2.96. The SMILES string of the molecule is CC(C)C1=CC2=CCC3[C@](C)(CCC[C@]3(C)C(=O)NC3CCCCCC3)[C@@H]2CC1. The van der Waals surface area contributed by atoms with Crippen molar-refractivity contribution >= 4 is 5.91 Å². The third-order valence-corrected chi connectivity index (χ3v) is 9.29. The fourth-order valence-electron chi connectivity index (χ4n) is 7.39. The zero-order valence-corrected chi connectivity index (χ0v) is 19.4. The van der Waals surface area contributed by atoms with Crippen LogP contribution in [0.3, 0.4) is 0 Å². The lowest BCUT2D eigenvalue weighted by Gasteiger charge is -2.57. The van der Waals surface area contributed by atoms with Gasteiger partial charge in [-0.15, -0.1) is 0 Å². The Morgan fingerprint density at radius 3 is 2.45 bits per heavy atom. The van der Waals surface area contributed by atoms with Crippen LogP contribution in [0, 0.1) is 28.6 Å². The van der Waals surface area contributed by atoms with Crippen molar-refractivity contribution in [2.24, 2.45) is 28.6 Å². The lowest BCUT2D eigenvalue weighted by molar-refractivity contribution is -0.145. The van der Waals surface area contributed by atoms with E-state index in [9.17, 15) is 4.79 Å². The standard InChI is InChI=1S/C27H43NO/c1-19(2)20-12-14-23-21(18-20)13-15-24-26(23,3)16-9-17-27(24,4)25(29)28-22-10-7-5-6-8-11-22/h13,18-19,22-24H,5-12,14-17H2,1-4H3,(H,28,29)/t23-,24?,26-,27+/m1/s1. The third-order valence-electron chi connectivity index (χ3n) is 9.29. The molecule has 4 aliphatic rings. The van der Waals surface area contributed by atoms with E-state index >= 15 is 0 Å². The van der Waals surface area contributed by atoms with Gasteiger partial charge in [-0.25, -0.2) is 0 Å². The molecule has 0 saturated heterocycles. The van der Waals surface area contributed by atoms with Crippen LogP contribution in [0.15, 0.2) is 23.3 Å². The Hall–Kier alpha value is -1.05. The lowest BCUT2D eigenvalue weighted by atomic mass is 9.46. The van der Waals surface area contributed by atoms with Gasteiger partial charge in [0, 0.05) is 6.04 Å². The molecule has 0 aliphatic heterocycles. The quantitative estimate of drug-likeness (QED) is 0.512. The number of allylic oxidation sites excluding steroid dienone is 4. The van der Waals surface area contributed by atoms with Crippen LogP contribution in [-0.2, 0) is 4.79 Å². The highest BCUT2D eigenvalue weighted by Crippen LogP contribution is 2.62. The summed E-state index contributed by atoms with van der Waals surface area (Å²) in [5.74, 6) is 2.15. The van der Waals surface area contributed by atoms with E-state index in [1.165, 1.54) is 64.2 Å². The summed E-state index contributed by atoms with van der Waals surface area (Å²) in [6.45, 7) is 9.49. The van der Waals surface area contributed by atoms with Crippen molar-refractivity contribution in [3.8, 4) is 0 Å². The molecule has 1 N–H and O–H groups in total. The van der Waals surface area contributed by atoms with Gasteiger partial charge >= 0.3 is 0 Å². The number of hydrogen-bond donors (Lipinski definition) is 1. The predicted octanol–water partition coefficient (Wildman–Crippen LogP) is 6.96. The molecule has 4 rings (SSSR count). The molecule has 4 atom stereocenters. The fraction of sp³-hybridized carbons (Fsp3) is 0.815. The highest BCUT2D eigenvalue weighted by Gasteiger charge is 2.57. The molecule has 2 fully saturated rings. The molecule has 0 radical (unpaired) electrons. The van der Waals surface area contributed by atoms with E-state index in [-0.39, 0.29) is 10.8 Å². The highest BCUT2D eigenvalue weighted by atomic mass is 16.2. The van der Waals surface area contributed by atoms with E-state index in [1.807, 2.05) is 0 Å².